The summed E-state index contributed by atoms with van der Waals surface area (Å²) in [6.07, 6.45) is 4.58. The Labute approximate surface area is 171 Å². The molecule has 0 saturated heterocycles. The van der Waals surface area contributed by atoms with Crippen LogP contribution in [0, 0.1) is 5.41 Å². The second kappa shape index (κ2) is 9.71. The molecule has 28 heavy (non-hydrogen) atoms. The summed E-state index contributed by atoms with van der Waals surface area (Å²) >= 11 is 0. The number of esters is 1. The van der Waals surface area contributed by atoms with Gasteiger partial charge in [-0.1, -0.05) is 55.8 Å². The summed E-state index contributed by atoms with van der Waals surface area (Å²) in [7, 11) is 2.00. The Bertz CT molecular complexity index is 659. The van der Waals surface area contributed by atoms with Gasteiger partial charge in [0.15, 0.2) is 0 Å². The minimum Gasteiger partial charge on any atom is -0.459 e. The Hall–Kier alpha value is -1.65. The summed E-state index contributed by atoms with van der Waals surface area (Å²) in [4.78, 5) is 16.6. The largest absolute Gasteiger partial charge is 0.459 e. The van der Waals surface area contributed by atoms with E-state index >= 15 is 0 Å². The van der Waals surface area contributed by atoms with Crippen molar-refractivity contribution in [1.29, 1.82) is 0 Å². The molecule has 0 radical (unpaired) electrons. The summed E-state index contributed by atoms with van der Waals surface area (Å²) in [6.45, 7) is 14.7. The van der Waals surface area contributed by atoms with E-state index in [4.69, 9.17) is 4.74 Å². The van der Waals surface area contributed by atoms with Gasteiger partial charge >= 0.3 is 5.97 Å². The SMILES string of the molecule is CN(CCC(C)(C)C1=CCN(Cc2ccccc2)CC1)CC(=O)OC(C)(C)C. The van der Waals surface area contributed by atoms with Gasteiger partial charge < -0.3 is 4.74 Å². The molecule has 1 aromatic carbocycles. The number of carbonyl (C=O) groups excluding carboxylic acids is 1. The van der Waals surface area contributed by atoms with Gasteiger partial charge in [0, 0.05) is 19.6 Å². The second-order valence-corrected chi connectivity index (χ2v) is 9.66. The second-order valence-electron chi connectivity index (χ2n) is 9.66. The minimum absolute atomic E-state index is 0.152. The lowest BCUT2D eigenvalue weighted by Gasteiger charge is -2.35. The highest BCUT2D eigenvalue weighted by Crippen LogP contribution is 2.34. The van der Waals surface area contributed by atoms with E-state index in [9.17, 15) is 4.79 Å². The van der Waals surface area contributed by atoms with Crippen molar-refractivity contribution in [2.24, 2.45) is 5.41 Å². The number of benzene rings is 1. The van der Waals surface area contributed by atoms with Gasteiger partial charge in [0.1, 0.15) is 5.60 Å². The van der Waals surface area contributed by atoms with Crippen molar-refractivity contribution in [3.05, 3.63) is 47.5 Å². The van der Waals surface area contributed by atoms with Crippen LogP contribution < -0.4 is 0 Å². The zero-order chi connectivity index (χ0) is 20.8. The highest BCUT2D eigenvalue weighted by molar-refractivity contribution is 5.72. The third-order valence-electron chi connectivity index (χ3n) is 5.35. The lowest BCUT2D eigenvalue weighted by molar-refractivity contribution is -0.155. The van der Waals surface area contributed by atoms with Gasteiger partial charge in [-0.15, -0.1) is 0 Å². The molecule has 0 aromatic heterocycles. The summed E-state index contributed by atoms with van der Waals surface area (Å²) in [5.41, 5.74) is 2.65. The highest BCUT2D eigenvalue weighted by Gasteiger charge is 2.27. The molecule has 1 aliphatic rings. The van der Waals surface area contributed by atoms with Crippen LogP contribution in [-0.4, -0.2) is 54.6 Å². The third-order valence-corrected chi connectivity index (χ3v) is 5.35. The summed E-state index contributed by atoms with van der Waals surface area (Å²) in [5.74, 6) is -0.152. The fraction of sp³-hybridized carbons (Fsp3) is 0.625. The van der Waals surface area contributed by atoms with Gasteiger partial charge in [0.2, 0.25) is 0 Å². The Morgan fingerprint density at radius 1 is 1.14 bits per heavy atom. The zero-order valence-electron chi connectivity index (χ0n) is 18.6. The molecule has 4 heteroatoms. The maximum absolute atomic E-state index is 12.0. The molecule has 4 nitrogen and oxygen atoms in total. The first kappa shape index (κ1) is 22.6. The molecular weight excluding hydrogens is 348 g/mol. The standard InChI is InChI=1S/C24H38N2O2/c1-23(2,3)28-22(27)19-25(6)17-14-24(4,5)21-12-15-26(16-13-21)18-20-10-8-7-9-11-20/h7-12H,13-19H2,1-6H3. The average Bonchev–Trinajstić information content (AvgIpc) is 2.60. The van der Waals surface area contributed by atoms with E-state index in [2.05, 4.69) is 60.1 Å². The predicted octanol–water partition coefficient (Wildman–Crippen LogP) is 4.51. The summed E-state index contributed by atoms with van der Waals surface area (Å²) in [6, 6.07) is 10.7. The van der Waals surface area contributed by atoms with E-state index in [1.54, 1.807) is 5.57 Å². The van der Waals surface area contributed by atoms with E-state index in [0.29, 0.717) is 6.54 Å². The molecule has 0 spiro atoms. The quantitative estimate of drug-likeness (QED) is 0.486. The van der Waals surface area contributed by atoms with Gasteiger partial charge in [-0.25, -0.2) is 0 Å². The van der Waals surface area contributed by atoms with E-state index < -0.39 is 5.60 Å². The molecule has 0 atom stereocenters. The van der Waals surface area contributed by atoms with Gasteiger partial charge in [-0.05, 0) is 58.2 Å². The normalized spacial score (nSPS) is 16.2. The van der Waals surface area contributed by atoms with Crippen LogP contribution in [0.3, 0.4) is 0 Å². The highest BCUT2D eigenvalue weighted by atomic mass is 16.6. The zero-order valence-corrected chi connectivity index (χ0v) is 18.6. The van der Waals surface area contributed by atoms with Crippen LogP contribution in [0.5, 0.6) is 0 Å². The number of hydrogen-bond donors (Lipinski definition) is 0. The van der Waals surface area contributed by atoms with Gasteiger partial charge in [-0.3, -0.25) is 14.6 Å². The van der Waals surface area contributed by atoms with Gasteiger partial charge in [0.05, 0.1) is 6.54 Å². The summed E-state index contributed by atoms with van der Waals surface area (Å²) < 4.78 is 5.42. The molecular formula is C24H38N2O2. The number of ether oxygens (including phenoxy) is 1. The summed E-state index contributed by atoms with van der Waals surface area (Å²) in [5, 5.41) is 0. The molecule has 0 N–H and O–H groups in total. The fourth-order valence-corrected chi connectivity index (χ4v) is 3.62. The molecule has 0 aliphatic carbocycles. The minimum atomic E-state index is -0.421. The maximum Gasteiger partial charge on any atom is 0.320 e. The predicted molar refractivity (Wildman–Crippen MR) is 116 cm³/mol. The smallest absolute Gasteiger partial charge is 0.320 e. The molecule has 156 valence electrons. The molecule has 0 amide bonds. The van der Waals surface area contributed by atoms with Crippen molar-refractivity contribution in [3.8, 4) is 0 Å². The first-order valence-electron chi connectivity index (χ1n) is 10.4. The lowest BCUT2D eigenvalue weighted by atomic mass is 9.78. The third kappa shape index (κ3) is 7.76. The number of likely N-dealkylation sites (N-methyl/N-ethyl adjacent to an activating group) is 1. The molecule has 1 aromatic rings. The van der Waals surface area contributed by atoms with Gasteiger partial charge in [0.25, 0.3) is 0 Å². The van der Waals surface area contributed by atoms with Crippen LogP contribution in [-0.2, 0) is 16.1 Å². The average molecular weight is 387 g/mol. The lowest BCUT2D eigenvalue weighted by Crippen LogP contribution is -2.36. The molecule has 0 unspecified atom stereocenters. The van der Waals surface area contributed by atoms with Crippen molar-refractivity contribution in [1.82, 2.24) is 9.80 Å². The van der Waals surface area contributed by atoms with Crippen LogP contribution in [0.4, 0.5) is 0 Å². The Morgan fingerprint density at radius 2 is 1.82 bits per heavy atom. The number of hydrogen-bond acceptors (Lipinski definition) is 4. The molecule has 1 aliphatic heterocycles. The van der Waals surface area contributed by atoms with Crippen LogP contribution in [0.25, 0.3) is 0 Å². The number of nitrogens with zero attached hydrogens (tertiary/aromatic N) is 2. The maximum atomic E-state index is 12.0. The molecule has 2 rings (SSSR count). The van der Waals surface area contributed by atoms with Crippen LogP contribution >= 0.6 is 0 Å². The van der Waals surface area contributed by atoms with Crippen LogP contribution in [0.1, 0.15) is 53.0 Å². The van der Waals surface area contributed by atoms with E-state index in [0.717, 1.165) is 39.0 Å². The van der Waals surface area contributed by atoms with Crippen molar-refractivity contribution < 1.29 is 9.53 Å². The van der Waals surface area contributed by atoms with Crippen molar-refractivity contribution in [2.45, 2.75) is 59.6 Å². The number of carbonyl (C=O) groups is 1. The molecule has 1 heterocycles. The van der Waals surface area contributed by atoms with E-state index in [1.165, 1.54) is 5.56 Å². The molecule has 0 fully saturated rings. The first-order valence-corrected chi connectivity index (χ1v) is 10.4. The molecule has 0 bridgehead atoms. The van der Waals surface area contributed by atoms with Crippen LogP contribution in [0.15, 0.2) is 42.0 Å². The number of rotatable bonds is 8. The monoisotopic (exact) mass is 386 g/mol. The fourth-order valence-electron chi connectivity index (χ4n) is 3.62. The Kier molecular flexibility index (Phi) is 7.85. The van der Waals surface area contributed by atoms with Crippen molar-refractivity contribution in [3.63, 3.8) is 0 Å². The van der Waals surface area contributed by atoms with Crippen LogP contribution in [0.2, 0.25) is 0 Å². The van der Waals surface area contributed by atoms with E-state index in [1.807, 2.05) is 27.8 Å². The Balaban J connectivity index is 1.80. The van der Waals surface area contributed by atoms with Crippen molar-refractivity contribution in [2.75, 3.05) is 33.2 Å². The van der Waals surface area contributed by atoms with Crippen molar-refractivity contribution >= 4 is 5.97 Å². The Morgan fingerprint density at radius 3 is 2.39 bits per heavy atom. The van der Waals surface area contributed by atoms with Gasteiger partial charge in [-0.2, -0.15) is 0 Å². The van der Waals surface area contributed by atoms with E-state index in [-0.39, 0.29) is 11.4 Å². The topological polar surface area (TPSA) is 32.8 Å². The molecule has 0 saturated carbocycles. The first-order chi connectivity index (χ1) is 13.0.